The number of furan rings is 2. The predicted octanol–water partition coefficient (Wildman–Crippen LogP) is 4.09. The highest BCUT2D eigenvalue weighted by Crippen LogP contribution is 2.25. The normalized spacial score (nSPS) is 10.6. The molecule has 2 heterocycles. The van der Waals surface area contributed by atoms with Crippen LogP contribution in [0.4, 0.5) is 0 Å². The summed E-state index contributed by atoms with van der Waals surface area (Å²) in [5, 5.41) is 2.82. The average molecular weight is 295 g/mol. The number of benzene rings is 1. The van der Waals surface area contributed by atoms with E-state index in [1.165, 1.54) is 5.56 Å². The fourth-order valence-corrected chi connectivity index (χ4v) is 2.24. The van der Waals surface area contributed by atoms with Gasteiger partial charge in [0.2, 0.25) is 0 Å². The van der Waals surface area contributed by atoms with E-state index in [4.69, 9.17) is 8.83 Å². The van der Waals surface area contributed by atoms with E-state index in [1.807, 2.05) is 37.3 Å². The molecule has 4 heteroatoms. The first-order valence-electron chi connectivity index (χ1n) is 7.11. The zero-order valence-corrected chi connectivity index (χ0v) is 12.6. The van der Waals surface area contributed by atoms with Crippen molar-refractivity contribution in [3.8, 4) is 11.3 Å². The molecule has 1 aromatic carbocycles. The molecular weight excluding hydrogens is 278 g/mol. The third-order valence-electron chi connectivity index (χ3n) is 3.50. The first kappa shape index (κ1) is 14.2. The molecule has 0 aliphatic rings. The van der Waals surface area contributed by atoms with Gasteiger partial charge in [-0.3, -0.25) is 4.79 Å². The summed E-state index contributed by atoms with van der Waals surface area (Å²) < 4.78 is 10.9. The van der Waals surface area contributed by atoms with Crippen LogP contribution in [0.3, 0.4) is 0 Å². The molecule has 112 valence electrons. The van der Waals surface area contributed by atoms with E-state index < -0.39 is 0 Å². The van der Waals surface area contributed by atoms with Crippen LogP contribution in [-0.4, -0.2) is 5.91 Å². The monoisotopic (exact) mass is 295 g/mol. The van der Waals surface area contributed by atoms with Gasteiger partial charge >= 0.3 is 0 Å². The Morgan fingerprint density at radius 1 is 1.14 bits per heavy atom. The minimum atomic E-state index is -0.170. The Hall–Kier alpha value is -2.75. The smallest absolute Gasteiger partial charge is 0.255 e. The number of aryl methyl sites for hydroxylation is 2. The van der Waals surface area contributed by atoms with Crippen LogP contribution in [0.15, 0.2) is 57.6 Å². The van der Waals surface area contributed by atoms with E-state index in [1.54, 1.807) is 25.3 Å². The minimum Gasteiger partial charge on any atom is -0.467 e. The number of hydrogen-bond donors (Lipinski definition) is 1. The van der Waals surface area contributed by atoms with Gasteiger partial charge in [0, 0.05) is 5.56 Å². The molecular formula is C18H17NO3. The highest BCUT2D eigenvalue weighted by atomic mass is 16.3. The third kappa shape index (κ3) is 2.96. The van der Waals surface area contributed by atoms with Crippen LogP contribution in [0.25, 0.3) is 11.3 Å². The molecule has 22 heavy (non-hydrogen) atoms. The Kier molecular flexibility index (Phi) is 3.83. The maximum atomic E-state index is 12.2. The van der Waals surface area contributed by atoms with Crippen molar-refractivity contribution in [3.63, 3.8) is 0 Å². The van der Waals surface area contributed by atoms with Crippen molar-refractivity contribution in [1.82, 2.24) is 5.32 Å². The van der Waals surface area contributed by atoms with Crippen LogP contribution < -0.4 is 5.32 Å². The molecule has 0 aliphatic carbocycles. The fourth-order valence-electron chi connectivity index (χ4n) is 2.24. The Labute approximate surface area is 128 Å². The highest BCUT2D eigenvalue weighted by molar-refractivity contribution is 5.96. The van der Waals surface area contributed by atoms with E-state index in [-0.39, 0.29) is 5.91 Å². The summed E-state index contributed by atoms with van der Waals surface area (Å²) in [4.78, 5) is 12.2. The Bertz CT molecular complexity index is 767. The summed E-state index contributed by atoms with van der Waals surface area (Å²) in [5.41, 5.74) is 2.68. The van der Waals surface area contributed by atoms with Crippen molar-refractivity contribution in [1.29, 1.82) is 0 Å². The summed E-state index contributed by atoms with van der Waals surface area (Å²) in [6.45, 7) is 4.18. The van der Waals surface area contributed by atoms with Crippen molar-refractivity contribution in [2.24, 2.45) is 0 Å². The van der Waals surface area contributed by atoms with E-state index in [9.17, 15) is 4.79 Å². The molecule has 3 aromatic rings. The standard InChI is InChI=1S/C18H17NO3/c1-12-5-7-14(8-6-12)17-10-16(13(2)22-17)18(20)19-11-15-4-3-9-21-15/h3-10H,11H2,1-2H3,(H,19,20). The molecule has 0 aliphatic heterocycles. The van der Waals surface area contributed by atoms with Crippen molar-refractivity contribution in [3.05, 3.63) is 71.4 Å². The quantitative estimate of drug-likeness (QED) is 0.788. The van der Waals surface area contributed by atoms with Gasteiger partial charge in [-0.15, -0.1) is 0 Å². The number of carbonyl (C=O) groups is 1. The van der Waals surface area contributed by atoms with Gasteiger partial charge in [-0.1, -0.05) is 29.8 Å². The lowest BCUT2D eigenvalue weighted by Crippen LogP contribution is -2.22. The molecule has 2 aromatic heterocycles. The molecule has 0 atom stereocenters. The molecule has 0 saturated carbocycles. The first-order chi connectivity index (χ1) is 10.6. The topological polar surface area (TPSA) is 55.4 Å². The second kappa shape index (κ2) is 5.93. The maximum absolute atomic E-state index is 12.2. The van der Waals surface area contributed by atoms with E-state index >= 15 is 0 Å². The van der Waals surface area contributed by atoms with Gasteiger partial charge in [-0.05, 0) is 32.0 Å². The second-order valence-corrected chi connectivity index (χ2v) is 5.21. The van der Waals surface area contributed by atoms with E-state index in [2.05, 4.69) is 5.32 Å². The molecule has 0 fully saturated rings. The molecule has 0 unspecified atom stereocenters. The van der Waals surface area contributed by atoms with Crippen LogP contribution in [-0.2, 0) is 6.54 Å². The summed E-state index contributed by atoms with van der Waals surface area (Å²) in [5.74, 6) is 1.84. The summed E-state index contributed by atoms with van der Waals surface area (Å²) in [7, 11) is 0. The largest absolute Gasteiger partial charge is 0.467 e. The SMILES string of the molecule is Cc1ccc(-c2cc(C(=O)NCc3ccco3)c(C)o2)cc1. The summed E-state index contributed by atoms with van der Waals surface area (Å²) in [6.07, 6.45) is 1.58. The van der Waals surface area contributed by atoms with Crippen LogP contribution >= 0.6 is 0 Å². The minimum absolute atomic E-state index is 0.170. The number of nitrogens with one attached hydrogen (secondary N) is 1. The number of carbonyl (C=O) groups excluding carboxylic acids is 1. The lowest BCUT2D eigenvalue weighted by Gasteiger charge is -2.01. The zero-order chi connectivity index (χ0) is 15.5. The fraction of sp³-hybridized carbons (Fsp3) is 0.167. The van der Waals surface area contributed by atoms with E-state index in [0.717, 1.165) is 5.56 Å². The van der Waals surface area contributed by atoms with Crippen molar-refractivity contribution < 1.29 is 13.6 Å². The summed E-state index contributed by atoms with van der Waals surface area (Å²) >= 11 is 0. The van der Waals surface area contributed by atoms with Gasteiger partial charge in [0.15, 0.2) is 0 Å². The zero-order valence-electron chi connectivity index (χ0n) is 12.6. The van der Waals surface area contributed by atoms with Gasteiger partial charge < -0.3 is 14.2 Å². The van der Waals surface area contributed by atoms with Gasteiger partial charge in [0.1, 0.15) is 17.3 Å². The molecule has 0 bridgehead atoms. The molecule has 0 spiro atoms. The van der Waals surface area contributed by atoms with Crippen molar-refractivity contribution in [2.45, 2.75) is 20.4 Å². The van der Waals surface area contributed by atoms with Crippen molar-refractivity contribution >= 4 is 5.91 Å². The van der Waals surface area contributed by atoms with Crippen LogP contribution in [0.2, 0.25) is 0 Å². The highest BCUT2D eigenvalue weighted by Gasteiger charge is 2.16. The number of rotatable bonds is 4. The summed E-state index contributed by atoms with van der Waals surface area (Å²) in [6, 6.07) is 13.4. The molecule has 1 N–H and O–H groups in total. The van der Waals surface area contributed by atoms with Gasteiger partial charge in [-0.2, -0.15) is 0 Å². The van der Waals surface area contributed by atoms with Crippen LogP contribution in [0, 0.1) is 13.8 Å². The van der Waals surface area contributed by atoms with Gasteiger partial charge in [0.05, 0.1) is 18.4 Å². The van der Waals surface area contributed by atoms with Gasteiger partial charge in [-0.25, -0.2) is 0 Å². The van der Waals surface area contributed by atoms with Crippen molar-refractivity contribution in [2.75, 3.05) is 0 Å². The molecule has 1 amide bonds. The van der Waals surface area contributed by atoms with Crippen LogP contribution in [0.1, 0.15) is 27.4 Å². The average Bonchev–Trinajstić information content (AvgIpc) is 3.15. The Morgan fingerprint density at radius 2 is 1.91 bits per heavy atom. The number of hydrogen-bond acceptors (Lipinski definition) is 3. The third-order valence-corrected chi connectivity index (χ3v) is 3.50. The van der Waals surface area contributed by atoms with Gasteiger partial charge in [0.25, 0.3) is 5.91 Å². The molecule has 3 rings (SSSR count). The molecule has 0 saturated heterocycles. The second-order valence-electron chi connectivity index (χ2n) is 5.21. The Morgan fingerprint density at radius 3 is 2.59 bits per heavy atom. The van der Waals surface area contributed by atoms with Crippen LogP contribution in [0.5, 0.6) is 0 Å². The Balaban J connectivity index is 1.76. The van der Waals surface area contributed by atoms with E-state index in [0.29, 0.717) is 29.4 Å². The molecule has 0 radical (unpaired) electrons. The lowest BCUT2D eigenvalue weighted by molar-refractivity contribution is 0.0946. The maximum Gasteiger partial charge on any atom is 0.255 e. The predicted molar refractivity (Wildman–Crippen MR) is 83.5 cm³/mol. The number of amides is 1. The first-order valence-corrected chi connectivity index (χ1v) is 7.11. The lowest BCUT2D eigenvalue weighted by atomic mass is 10.1. The molecule has 4 nitrogen and oxygen atoms in total.